The van der Waals surface area contributed by atoms with Gasteiger partial charge in [0.1, 0.15) is 6.33 Å². The number of fused-ring (bicyclic) bond motifs is 1. The van der Waals surface area contributed by atoms with Crippen LogP contribution in [0.3, 0.4) is 0 Å². The Kier molecular flexibility index (Phi) is 5.15. The summed E-state index contributed by atoms with van der Waals surface area (Å²) in [6.45, 7) is 2.71. The molecule has 0 saturated heterocycles. The van der Waals surface area contributed by atoms with Gasteiger partial charge in [-0.05, 0) is 52.2 Å². The maximum atomic E-state index is 5.74. The molecular weight excluding hydrogens is 370 g/mol. The zero-order valence-electron chi connectivity index (χ0n) is 13.6. The van der Waals surface area contributed by atoms with Crippen molar-refractivity contribution in [2.45, 2.75) is 13.3 Å². The summed E-state index contributed by atoms with van der Waals surface area (Å²) in [5.41, 5.74) is 2.78. The number of ether oxygens (including phenoxy) is 2. The number of para-hydroxylation sites is 2. The molecule has 0 atom stereocenters. The van der Waals surface area contributed by atoms with E-state index in [0.717, 1.165) is 27.5 Å². The summed E-state index contributed by atoms with van der Waals surface area (Å²) in [5, 5.41) is 4.48. The maximum Gasteiger partial charge on any atom is 0.175 e. The molecule has 5 nitrogen and oxygen atoms in total. The van der Waals surface area contributed by atoms with Gasteiger partial charge in [-0.1, -0.05) is 19.1 Å². The summed E-state index contributed by atoms with van der Waals surface area (Å²) in [6.07, 6.45) is 4.41. The van der Waals surface area contributed by atoms with Crippen molar-refractivity contribution in [3.05, 3.63) is 52.8 Å². The zero-order chi connectivity index (χ0) is 16.9. The SMILES string of the molecule is CCCOc1c(Br)cc(/C=N\n2cnc3ccccc32)cc1OC. The second-order valence-corrected chi connectivity index (χ2v) is 6.06. The van der Waals surface area contributed by atoms with Crippen molar-refractivity contribution >= 4 is 33.2 Å². The highest BCUT2D eigenvalue weighted by atomic mass is 79.9. The van der Waals surface area contributed by atoms with E-state index in [0.29, 0.717) is 18.1 Å². The summed E-state index contributed by atoms with van der Waals surface area (Å²) >= 11 is 3.54. The fraction of sp³-hybridized carbons (Fsp3) is 0.222. The maximum absolute atomic E-state index is 5.74. The minimum absolute atomic E-state index is 0.642. The first kappa shape index (κ1) is 16.5. The van der Waals surface area contributed by atoms with Gasteiger partial charge in [-0.15, -0.1) is 0 Å². The number of aromatic nitrogens is 2. The number of benzene rings is 2. The molecule has 0 aliphatic rings. The number of halogens is 1. The van der Waals surface area contributed by atoms with E-state index >= 15 is 0 Å². The van der Waals surface area contributed by atoms with Crippen molar-refractivity contribution in [2.24, 2.45) is 5.10 Å². The van der Waals surface area contributed by atoms with Crippen LogP contribution in [0.1, 0.15) is 18.9 Å². The Hall–Kier alpha value is -2.34. The molecule has 0 amide bonds. The van der Waals surface area contributed by atoms with Crippen LogP contribution in [-0.2, 0) is 0 Å². The number of nitrogens with zero attached hydrogens (tertiary/aromatic N) is 3. The van der Waals surface area contributed by atoms with Crippen LogP contribution in [0.5, 0.6) is 11.5 Å². The van der Waals surface area contributed by atoms with Gasteiger partial charge < -0.3 is 9.47 Å². The van der Waals surface area contributed by atoms with E-state index in [9.17, 15) is 0 Å². The van der Waals surface area contributed by atoms with Gasteiger partial charge in [-0.25, -0.2) is 9.66 Å². The number of hydrogen-bond acceptors (Lipinski definition) is 4. The lowest BCUT2D eigenvalue weighted by Gasteiger charge is -2.12. The Labute approximate surface area is 149 Å². The molecule has 0 unspecified atom stereocenters. The molecule has 0 aliphatic heterocycles. The van der Waals surface area contributed by atoms with Crippen LogP contribution in [0, 0.1) is 0 Å². The fourth-order valence-electron chi connectivity index (χ4n) is 2.33. The van der Waals surface area contributed by atoms with E-state index in [-0.39, 0.29) is 0 Å². The molecule has 124 valence electrons. The first-order chi connectivity index (χ1) is 11.7. The van der Waals surface area contributed by atoms with Gasteiger partial charge in [0.15, 0.2) is 11.5 Å². The summed E-state index contributed by atoms with van der Waals surface area (Å²) in [4.78, 5) is 4.33. The van der Waals surface area contributed by atoms with Crippen molar-refractivity contribution in [1.82, 2.24) is 9.66 Å². The summed E-state index contributed by atoms with van der Waals surface area (Å²) < 4.78 is 13.8. The summed E-state index contributed by atoms with van der Waals surface area (Å²) in [6, 6.07) is 11.7. The van der Waals surface area contributed by atoms with Gasteiger partial charge in [0.25, 0.3) is 0 Å². The number of hydrogen-bond donors (Lipinski definition) is 0. The standard InChI is InChI=1S/C18H18BrN3O2/c1-3-8-24-18-14(19)9-13(10-17(18)23-2)11-21-22-12-20-15-6-4-5-7-16(15)22/h4-7,9-12H,3,8H2,1-2H3/b21-11-. The highest BCUT2D eigenvalue weighted by Crippen LogP contribution is 2.36. The van der Waals surface area contributed by atoms with E-state index in [1.165, 1.54) is 0 Å². The lowest BCUT2D eigenvalue weighted by Crippen LogP contribution is -2.00. The Balaban J connectivity index is 1.91. The quantitative estimate of drug-likeness (QED) is 0.585. The molecule has 0 N–H and O–H groups in total. The number of imidazole rings is 1. The Morgan fingerprint density at radius 2 is 2.12 bits per heavy atom. The molecule has 3 aromatic rings. The van der Waals surface area contributed by atoms with Gasteiger partial charge in [0.05, 0.1) is 35.4 Å². The molecule has 0 bridgehead atoms. The minimum Gasteiger partial charge on any atom is -0.493 e. The van der Waals surface area contributed by atoms with E-state index in [1.54, 1.807) is 24.3 Å². The van der Waals surface area contributed by atoms with E-state index in [1.807, 2.05) is 36.4 Å². The molecule has 3 rings (SSSR count). The van der Waals surface area contributed by atoms with Crippen LogP contribution < -0.4 is 9.47 Å². The van der Waals surface area contributed by atoms with Crippen LogP contribution in [0.4, 0.5) is 0 Å². The van der Waals surface area contributed by atoms with Crippen molar-refractivity contribution < 1.29 is 9.47 Å². The predicted molar refractivity (Wildman–Crippen MR) is 99.2 cm³/mol. The van der Waals surface area contributed by atoms with Gasteiger partial charge in [-0.2, -0.15) is 5.10 Å². The topological polar surface area (TPSA) is 48.6 Å². The zero-order valence-corrected chi connectivity index (χ0v) is 15.2. The van der Waals surface area contributed by atoms with Gasteiger partial charge in [0.2, 0.25) is 0 Å². The third-order valence-electron chi connectivity index (χ3n) is 3.47. The molecule has 0 radical (unpaired) electrons. The van der Waals surface area contributed by atoms with Crippen molar-refractivity contribution in [3.8, 4) is 11.5 Å². The molecule has 0 aliphatic carbocycles. The number of methoxy groups -OCH3 is 1. The van der Waals surface area contributed by atoms with E-state index in [4.69, 9.17) is 9.47 Å². The molecule has 0 saturated carbocycles. The van der Waals surface area contributed by atoms with Crippen molar-refractivity contribution in [2.75, 3.05) is 13.7 Å². The Morgan fingerprint density at radius 3 is 2.92 bits per heavy atom. The summed E-state index contributed by atoms with van der Waals surface area (Å²) in [5.74, 6) is 1.39. The average Bonchev–Trinajstić information content (AvgIpc) is 3.02. The average molecular weight is 388 g/mol. The van der Waals surface area contributed by atoms with Crippen LogP contribution in [0.2, 0.25) is 0 Å². The molecular formula is C18H18BrN3O2. The molecule has 6 heteroatoms. The van der Waals surface area contributed by atoms with Gasteiger partial charge in [-0.3, -0.25) is 0 Å². The molecule has 0 fully saturated rings. The predicted octanol–water partition coefficient (Wildman–Crippen LogP) is 4.48. The molecule has 0 spiro atoms. The Morgan fingerprint density at radius 1 is 1.29 bits per heavy atom. The lowest BCUT2D eigenvalue weighted by atomic mass is 10.2. The van der Waals surface area contributed by atoms with Crippen LogP contribution in [0.25, 0.3) is 11.0 Å². The number of rotatable bonds is 6. The second-order valence-electron chi connectivity index (χ2n) is 5.20. The second kappa shape index (κ2) is 7.49. The third kappa shape index (κ3) is 3.43. The van der Waals surface area contributed by atoms with E-state index in [2.05, 4.69) is 32.9 Å². The lowest BCUT2D eigenvalue weighted by molar-refractivity contribution is 0.292. The Bertz CT molecular complexity index is 874. The first-order valence-electron chi connectivity index (χ1n) is 7.69. The smallest absolute Gasteiger partial charge is 0.175 e. The molecule has 1 heterocycles. The highest BCUT2D eigenvalue weighted by molar-refractivity contribution is 9.10. The summed E-state index contributed by atoms with van der Waals surface area (Å²) in [7, 11) is 1.63. The largest absolute Gasteiger partial charge is 0.493 e. The van der Waals surface area contributed by atoms with Gasteiger partial charge in [0, 0.05) is 0 Å². The third-order valence-corrected chi connectivity index (χ3v) is 4.06. The fourth-order valence-corrected chi connectivity index (χ4v) is 2.90. The van der Waals surface area contributed by atoms with Crippen LogP contribution in [-0.4, -0.2) is 29.6 Å². The molecule has 2 aromatic carbocycles. The normalized spacial score (nSPS) is 11.3. The first-order valence-corrected chi connectivity index (χ1v) is 8.49. The molecule has 24 heavy (non-hydrogen) atoms. The van der Waals surface area contributed by atoms with Crippen molar-refractivity contribution in [3.63, 3.8) is 0 Å². The van der Waals surface area contributed by atoms with Gasteiger partial charge >= 0.3 is 0 Å². The van der Waals surface area contributed by atoms with Crippen molar-refractivity contribution in [1.29, 1.82) is 0 Å². The highest BCUT2D eigenvalue weighted by Gasteiger charge is 2.11. The van der Waals surface area contributed by atoms with Crippen LogP contribution >= 0.6 is 15.9 Å². The molecule has 1 aromatic heterocycles. The monoisotopic (exact) mass is 387 g/mol. The minimum atomic E-state index is 0.642. The van der Waals surface area contributed by atoms with Crippen LogP contribution in [0.15, 0.2) is 52.3 Å². The van der Waals surface area contributed by atoms with E-state index < -0.39 is 0 Å².